The molecule has 0 aliphatic heterocycles. The summed E-state index contributed by atoms with van der Waals surface area (Å²) in [6.45, 7) is 5.59. The van der Waals surface area contributed by atoms with Gasteiger partial charge in [0.15, 0.2) is 0 Å². The number of fused-ring (bicyclic) bond motifs is 1. The molecule has 1 aliphatic rings. The molecule has 0 amide bonds. The fourth-order valence-corrected chi connectivity index (χ4v) is 4.42. The lowest BCUT2D eigenvalue weighted by Gasteiger charge is -2.26. The van der Waals surface area contributed by atoms with E-state index in [2.05, 4.69) is 54.9 Å². The van der Waals surface area contributed by atoms with E-state index in [4.69, 9.17) is 0 Å². The van der Waals surface area contributed by atoms with Gasteiger partial charge in [-0.2, -0.15) is 0 Å². The van der Waals surface area contributed by atoms with E-state index in [-0.39, 0.29) is 0 Å². The minimum absolute atomic E-state index is 0.485. The second-order valence-electron chi connectivity index (χ2n) is 5.74. The van der Waals surface area contributed by atoms with Crippen LogP contribution in [0.15, 0.2) is 35.7 Å². The number of aryl methyl sites for hydroxylation is 2. The average Bonchev–Trinajstić information content (AvgIpc) is 3.07. The van der Waals surface area contributed by atoms with Gasteiger partial charge >= 0.3 is 0 Å². The predicted molar refractivity (Wildman–Crippen MR) is 87.6 cm³/mol. The van der Waals surface area contributed by atoms with E-state index in [1.165, 1.54) is 29.7 Å². The summed E-state index contributed by atoms with van der Waals surface area (Å²) in [6.07, 6.45) is 3.70. The maximum absolute atomic E-state index is 3.81. The molecule has 2 heteroatoms. The van der Waals surface area contributed by atoms with Crippen LogP contribution < -0.4 is 5.32 Å². The molecule has 0 spiro atoms. The minimum Gasteiger partial charge on any atom is -0.309 e. The topological polar surface area (TPSA) is 12.0 Å². The zero-order chi connectivity index (χ0) is 13.9. The number of benzene rings is 1. The van der Waals surface area contributed by atoms with Gasteiger partial charge in [-0.15, -0.1) is 11.3 Å². The zero-order valence-electron chi connectivity index (χ0n) is 12.4. The Morgan fingerprint density at radius 3 is 2.90 bits per heavy atom. The normalized spacial score (nSPS) is 19.0. The van der Waals surface area contributed by atoms with Crippen LogP contribution in [0.25, 0.3) is 0 Å². The van der Waals surface area contributed by atoms with Crippen molar-refractivity contribution in [1.29, 1.82) is 0 Å². The summed E-state index contributed by atoms with van der Waals surface area (Å²) in [4.78, 5) is 1.53. The van der Waals surface area contributed by atoms with Crippen molar-refractivity contribution in [2.75, 3.05) is 6.54 Å². The number of rotatable bonds is 5. The van der Waals surface area contributed by atoms with Gasteiger partial charge < -0.3 is 5.32 Å². The molecule has 1 heterocycles. The smallest absolute Gasteiger partial charge is 0.0487 e. The first kappa shape index (κ1) is 13.8. The largest absolute Gasteiger partial charge is 0.309 e. The molecule has 1 nitrogen and oxygen atoms in total. The summed E-state index contributed by atoms with van der Waals surface area (Å²) in [7, 11) is 0. The highest BCUT2D eigenvalue weighted by molar-refractivity contribution is 7.10. The van der Waals surface area contributed by atoms with Crippen LogP contribution in [-0.2, 0) is 6.42 Å². The van der Waals surface area contributed by atoms with Crippen LogP contribution in [0.5, 0.6) is 0 Å². The van der Waals surface area contributed by atoms with E-state index in [9.17, 15) is 0 Å². The molecule has 0 saturated heterocycles. The molecular formula is C18H23NS. The van der Waals surface area contributed by atoms with E-state index >= 15 is 0 Å². The first-order chi connectivity index (χ1) is 9.81. The van der Waals surface area contributed by atoms with Crippen LogP contribution in [0.4, 0.5) is 0 Å². The van der Waals surface area contributed by atoms with Crippen molar-refractivity contribution in [2.45, 2.75) is 45.1 Å². The Morgan fingerprint density at radius 1 is 1.30 bits per heavy atom. The highest BCUT2D eigenvalue weighted by Crippen LogP contribution is 2.43. The van der Waals surface area contributed by atoms with Crippen LogP contribution in [0.1, 0.15) is 53.3 Å². The third-order valence-electron chi connectivity index (χ3n) is 4.38. The van der Waals surface area contributed by atoms with E-state index in [1.807, 2.05) is 11.3 Å². The van der Waals surface area contributed by atoms with E-state index in [0.29, 0.717) is 12.0 Å². The van der Waals surface area contributed by atoms with Gasteiger partial charge in [-0.05, 0) is 60.9 Å². The molecule has 2 atom stereocenters. The van der Waals surface area contributed by atoms with Crippen molar-refractivity contribution in [1.82, 2.24) is 5.32 Å². The van der Waals surface area contributed by atoms with Crippen LogP contribution in [0.2, 0.25) is 0 Å². The molecule has 1 aromatic carbocycles. The summed E-state index contributed by atoms with van der Waals surface area (Å²) in [5, 5.41) is 6.03. The van der Waals surface area contributed by atoms with Crippen LogP contribution in [-0.4, -0.2) is 6.54 Å². The molecule has 0 fully saturated rings. The molecule has 106 valence electrons. The van der Waals surface area contributed by atoms with Gasteiger partial charge in [0.1, 0.15) is 0 Å². The van der Waals surface area contributed by atoms with Crippen LogP contribution in [0, 0.1) is 6.92 Å². The first-order valence-corrected chi connectivity index (χ1v) is 8.54. The fourth-order valence-electron chi connectivity index (χ4n) is 3.36. The van der Waals surface area contributed by atoms with Gasteiger partial charge in [-0.25, -0.2) is 0 Å². The lowest BCUT2D eigenvalue weighted by molar-refractivity contribution is 0.447. The second kappa shape index (κ2) is 6.11. The summed E-state index contributed by atoms with van der Waals surface area (Å²) in [6, 6.07) is 11.7. The number of thiophene rings is 1. The van der Waals surface area contributed by atoms with Crippen molar-refractivity contribution in [2.24, 2.45) is 0 Å². The first-order valence-electron chi connectivity index (χ1n) is 7.66. The molecular weight excluding hydrogens is 262 g/mol. The molecule has 1 aromatic heterocycles. The molecule has 2 aromatic rings. The average molecular weight is 285 g/mol. The molecule has 0 radical (unpaired) electrons. The molecule has 2 unspecified atom stereocenters. The monoisotopic (exact) mass is 285 g/mol. The number of nitrogens with one attached hydrogen (secondary N) is 1. The third kappa shape index (κ3) is 2.55. The van der Waals surface area contributed by atoms with Gasteiger partial charge in [-0.1, -0.05) is 31.2 Å². The van der Waals surface area contributed by atoms with Crippen molar-refractivity contribution >= 4 is 11.3 Å². The van der Waals surface area contributed by atoms with Crippen molar-refractivity contribution in [3.63, 3.8) is 0 Å². The van der Waals surface area contributed by atoms with E-state index in [1.54, 1.807) is 11.1 Å². The highest BCUT2D eigenvalue weighted by atomic mass is 32.1. The lowest BCUT2D eigenvalue weighted by atomic mass is 9.91. The van der Waals surface area contributed by atoms with Crippen molar-refractivity contribution in [3.05, 3.63) is 57.3 Å². The van der Waals surface area contributed by atoms with Crippen LogP contribution in [0.3, 0.4) is 0 Å². The van der Waals surface area contributed by atoms with Gasteiger partial charge in [0.05, 0.1) is 0 Å². The molecule has 1 aliphatic carbocycles. The predicted octanol–water partition coefficient (Wildman–Crippen LogP) is 4.83. The Morgan fingerprint density at radius 2 is 2.15 bits per heavy atom. The van der Waals surface area contributed by atoms with Crippen molar-refractivity contribution in [3.8, 4) is 0 Å². The Balaban J connectivity index is 1.93. The summed E-state index contributed by atoms with van der Waals surface area (Å²) < 4.78 is 0. The number of hydrogen-bond acceptors (Lipinski definition) is 2. The minimum atomic E-state index is 0.485. The van der Waals surface area contributed by atoms with Crippen LogP contribution >= 0.6 is 11.3 Å². The van der Waals surface area contributed by atoms with Gasteiger partial charge in [0.2, 0.25) is 0 Å². The number of hydrogen-bond donors (Lipinski definition) is 1. The molecule has 0 bridgehead atoms. The molecule has 0 saturated carbocycles. The van der Waals surface area contributed by atoms with Gasteiger partial charge in [-0.3, -0.25) is 0 Å². The molecule has 3 rings (SSSR count). The Kier molecular flexibility index (Phi) is 4.23. The van der Waals surface area contributed by atoms with E-state index in [0.717, 1.165) is 6.54 Å². The van der Waals surface area contributed by atoms with Gasteiger partial charge in [0, 0.05) is 16.8 Å². The second-order valence-corrected chi connectivity index (χ2v) is 6.69. The van der Waals surface area contributed by atoms with E-state index < -0.39 is 0 Å². The Labute approximate surface area is 126 Å². The maximum atomic E-state index is 3.81. The van der Waals surface area contributed by atoms with Crippen molar-refractivity contribution < 1.29 is 0 Å². The summed E-state index contributed by atoms with van der Waals surface area (Å²) in [5.41, 5.74) is 4.55. The highest BCUT2D eigenvalue weighted by Gasteiger charge is 2.31. The quantitative estimate of drug-likeness (QED) is 0.830. The summed E-state index contributed by atoms with van der Waals surface area (Å²) in [5.74, 6) is 0.634. The summed E-state index contributed by atoms with van der Waals surface area (Å²) >= 11 is 1.91. The zero-order valence-corrected chi connectivity index (χ0v) is 13.2. The van der Waals surface area contributed by atoms with Gasteiger partial charge in [0.25, 0.3) is 0 Å². The standard InChI is InChI=1S/C18H23NS/c1-3-11-19-17(18-13(2)10-12-20-18)16-9-8-14-6-4-5-7-15(14)16/h4-7,10,12,16-17,19H,3,8-9,11H2,1-2H3. The lowest BCUT2D eigenvalue weighted by Crippen LogP contribution is -2.26. The molecule has 1 N–H and O–H groups in total. The maximum Gasteiger partial charge on any atom is 0.0487 e. The SMILES string of the molecule is CCCNC(c1sccc1C)C1CCc2ccccc21. The third-order valence-corrected chi connectivity index (χ3v) is 5.48. The Hall–Kier alpha value is -1.12. The Bertz CT molecular complexity index is 572. The fraction of sp³-hybridized carbons (Fsp3) is 0.444. The molecule has 20 heavy (non-hydrogen) atoms.